The van der Waals surface area contributed by atoms with Crippen LogP contribution in [0.4, 0.5) is 0 Å². The maximum absolute atomic E-state index is 13.5. The molecule has 0 spiro atoms. The summed E-state index contributed by atoms with van der Waals surface area (Å²) in [6.07, 6.45) is 1.06. The highest BCUT2D eigenvalue weighted by molar-refractivity contribution is 7.78. The molecule has 0 saturated heterocycles. The molecule has 0 unspecified atom stereocenters. The Morgan fingerprint density at radius 3 is 1.60 bits per heavy atom. The lowest BCUT2D eigenvalue weighted by atomic mass is 10.2. The maximum Gasteiger partial charge on any atom is 0.143 e. The summed E-state index contributed by atoms with van der Waals surface area (Å²) >= 11 is 0. The van der Waals surface area contributed by atoms with Crippen molar-refractivity contribution in [1.82, 2.24) is 0 Å². The Labute approximate surface area is 120 Å². The summed E-state index contributed by atoms with van der Waals surface area (Å²) in [5.74, 6) is 0. The van der Waals surface area contributed by atoms with Crippen molar-refractivity contribution in [2.45, 2.75) is 20.3 Å². The molecule has 2 aromatic rings. The van der Waals surface area contributed by atoms with Crippen molar-refractivity contribution in [3.05, 3.63) is 59.7 Å². The third-order valence-corrected chi connectivity index (χ3v) is 6.74. The number of aryl methyl sites for hydroxylation is 2. The average molecular weight is 288 g/mol. The Morgan fingerprint density at radius 1 is 0.850 bits per heavy atom. The van der Waals surface area contributed by atoms with Gasteiger partial charge in [-0.25, -0.2) is 0 Å². The van der Waals surface area contributed by atoms with Gasteiger partial charge in [0.15, 0.2) is 0 Å². The second-order valence-electron chi connectivity index (χ2n) is 5.21. The van der Waals surface area contributed by atoms with Crippen LogP contribution in [0.2, 0.25) is 0 Å². The second kappa shape index (κ2) is 6.39. The van der Waals surface area contributed by atoms with Gasteiger partial charge in [0.25, 0.3) is 0 Å². The van der Waals surface area contributed by atoms with E-state index in [9.17, 15) is 4.57 Å². The Kier molecular flexibility index (Phi) is 4.80. The van der Waals surface area contributed by atoms with E-state index in [4.69, 9.17) is 5.11 Å². The zero-order chi connectivity index (χ0) is 14.6. The molecule has 0 fully saturated rings. The van der Waals surface area contributed by atoms with E-state index in [2.05, 4.69) is 0 Å². The van der Waals surface area contributed by atoms with Gasteiger partial charge in [0.05, 0.1) is 0 Å². The highest BCUT2D eigenvalue weighted by Gasteiger charge is 2.26. The average Bonchev–Trinajstić information content (AvgIpc) is 2.46. The van der Waals surface area contributed by atoms with E-state index < -0.39 is 7.14 Å². The summed E-state index contributed by atoms with van der Waals surface area (Å²) < 4.78 is 13.5. The normalized spacial score (nSPS) is 11.6. The van der Waals surface area contributed by atoms with Crippen LogP contribution in [0, 0.1) is 13.8 Å². The van der Waals surface area contributed by atoms with Crippen molar-refractivity contribution in [3.8, 4) is 0 Å². The minimum absolute atomic E-state index is 0.0711. The van der Waals surface area contributed by atoms with Crippen molar-refractivity contribution >= 4 is 17.8 Å². The quantitative estimate of drug-likeness (QED) is 0.859. The summed E-state index contributed by atoms with van der Waals surface area (Å²) in [6, 6.07) is 15.8. The highest BCUT2D eigenvalue weighted by Crippen LogP contribution is 2.43. The number of aliphatic hydroxyl groups excluding tert-OH is 1. The summed E-state index contributed by atoms with van der Waals surface area (Å²) in [6.45, 7) is 4.12. The lowest BCUT2D eigenvalue weighted by molar-refractivity contribution is 0.295. The van der Waals surface area contributed by atoms with Crippen LogP contribution in [-0.4, -0.2) is 17.9 Å². The molecule has 0 heterocycles. The first-order chi connectivity index (χ1) is 9.56. The third-order valence-electron chi connectivity index (χ3n) is 3.53. The minimum atomic E-state index is -2.64. The van der Waals surface area contributed by atoms with Gasteiger partial charge < -0.3 is 9.67 Å². The van der Waals surface area contributed by atoms with E-state index in [-0.39, 0.29) is 6.61 Å². The fourth-order valence-corrected chi connectivity index (χ4v) is 4.93. The predicted octanol–water partition coefficient (Wildman–Crippen LogP) is 3.00. The molecule has 0 bridgehead atoms. The Balaban J connectivity index is 2.47. The van der Waals surface area contributed by atoms with E-state index in [1.165, 1.54) is 0 Å². The van der Waals surface area contributed by atoms with Gasteiger partial charge in [0.1, 0.15) is 7.14 Å². The van der Waals surface area contributed by atoms with E-state index in [0.29, 0.717) is 12.6 Å². The molecule has 2 rings (SSSR count). The van der Waals surface area contributed by atoms with Gasteiger partial charge in [-0.05, 0) is 20.3 Å². The molecule has 106 valence electrons. The molecule has 0 amide bonds. The maximum atomic E-state index is 13.5. The standard InChI is InChI=1S/C17H21O2P/c1-14-4-8-16(9-5-14)20(19,13-3-12-18)17-10-6-15(2)7-11-17/h4-11,18H,3,12-13H2,1-2H3. The molecule has 0 aliphatic carbocycles. The Morgan fingerprint density at radius 2 is 1.25 bits per heavy atom. The summed E-state index contributed by atoms with van der Waals surface area (Å²) in [5.41, 5.74) is 2.32. The second-order valence-corrected chi connectivity index (χ2v) is 8.17. The van der Waals surface area contributed by atoms with E-state index >= 15 is 0 Å². The van der Waals surface area contributed by atoms with Gasteiger partial charge >= 0.3 is 0 Å². The zero-order valence-corrected chi connectivity index (χ0v) is 12.9. The van der Waals surface area contributed by atoms with Crippen LogP contribution >= 0.6 is 7.14 Å². The molecule has 0 atom stereocenters. The van der Waals surface area contributed by atoms with E-state index in [1.807, 2.05) is 62.4 Å². The van der Waals surface area contributed by atoms with E-state index in [0.717, 1.165) is 21.7 Å². The molecule has 20 heavy (non-hydrogen) atoms. The van der Waals surface area contributed by atoms with Crippen molar-refractivity contribution in [1.29, 1.82) is 0 Å². The number of rotatable bonds is 5. The summed E-state index contributed by atoms with van der Waals surface area (Å²) in [7, 11) is -2.64. The van der Waals surface area contributed by atoms with Gasteiger partial charge in [-0.2, -0.15) is 0 Å². The van der Waals surface area contributed by atoms with Crippen LogP contribution in [-0.2, 0) is 4.57 Å². The first-order valence-electron chi connectivity index (χ1n) is 6.90. The predicted molar refractivity (Wildman–Crippen MR) is 85.8 cm³/mol. The molecule has 0 aliphatic rings. The largest absolute Gasteiger partial charge is 0.396 e. The van der Waals surface area contributed by atoms with Gasteiger partial charge in [-0.1, -0.05) is 59.7 Å². The third kappa shape index (κ3) is 3.20. The lowest BCUT2D eigenvalue weighted by Gasteiger charge is -2.19. The van der Waals surface area contributed by atoms with Gasteiger partial charge in [-0.15, -0.1) is 0 Å². The molecule has 1 N–H and O–H groups in total. The lowest BCUT2D eigenvalue weighted by Crippen LogP contribution is -2.19. The van der Waals surface area contributed by atoms with Crippen molar-refractivity contribution < 1.29 is 9.67 Å². The van der Waals surface area contributed by atoms with Crippen LogP contribution < -0.4 is 10.6 Å². The number of hydrogen-bond acceptors (Lipinski definition) is 2. The van der Waals surface area contributed by atoms with Crippen molar-refractivity contribution in [2.75, 3.05) is 12.8 Å². The molecule has 0 radical (unpaired) electrons. The molecule has 2 aromatic carbocycles. The molecule has 0 saturated carbocycles. The molecule has 0 aromatic heterocycles. The highest BCUT2D eigenvalue weighted by atomic mass is 31.2. The van der Waals surface area contributed by atoms with Crippen LogP contribution in [0.25, 0.3) is 0 Å². The first kappa shape index (κ1) is 15.0. The van der Waals surface area contributed by atoms with Crippen LogP contribution in [0.5, 0.6) is 0 Å². The molecule has 0 aliphatic heterocycles. The summed E-state index contributed by atoms with van der Waals surface area (Å²) in [4.78, 5) is 0. The number of aliphatic hydroxyl groups is 1. The fraction of sp³-hybridized carbons (Fsp3) is 0.294. The smallest absolute Gasteiger partial charge is 0.143 e. The van der Waals surface area contributed by atoms with Gasteiger partial charge in [0, 0.05) is 23.4 Å². The topological polar surface area (TPSA) is 37.3 Å². The Hall–Kier alpha value is -1.37. The monoisotopic (exact) mass is 288 g/mol. The molecular weight excluding hydrogens is 267 g/mol. The van der Waals surface area contributed by atoms with E-state index in [1.54, 1.807) is 0 Å². The molecular formula is C17H21O2P. The zero-order valence-electron chi connectivity index (χ0n) is 12.0. The van der Waals surface area contributed by atoms with Gasteiger partial charge in [0.2, 0.25) is 0 Å². The van der Waals surface area contributed by atoms with Crippen molar-refractivity contribution in [3.63, 3.8) is 0 Å². The fourth-order valence-electron chi connectivity index (χ4n) is 2.27. The number of hydrogen-bond donors (Lipinski definition) is 1. The first-order valence-corrected chi connectivity index (χ1v) is 8.80. The SMILES string of the molecule is Cc1ccc(P(=O)(CCCO)c2ccc(C)cc2)cc1. The Bertz CT molecular complexity index is 550. The van der Waals surface area contributed by atoms with Crippen molar-refractivity contribution in [2.24, 2.45) is 0 Å². The van der Waals surface area contributed by atoms with Crippen LogP contribution in [0.1, 0.15) is 17.5 Å². The summed E-state index contributed by atoms with van der Waals surface area (Å²) in [5, 5.41) is 10.8. The molecule has 2 nitrogen and oxygen atoms in total. The van der Waals surface area contributed by atoms with Crippen LogP contribution in [0.3, 0.4) is 0 Å². The number of benzene rings is 2. The molecule has 3 heteroatoms. The van der Waals surface area contributed by atoms with Crippen LogP contribution in [0.15, 0.2) is 48.5 Å². The minimum Gasteiger partial charge on any atom is -0.396 e. The van der Waals surface area contributed by atoms with Gasteiger partial charge in [-0.3, -0.25) is 0 Å².